The Morgan fingerprint density at radius 2 is 2.11 bits per heavy atom. The predicted octanol–water partition coefficient (Wildman–Crippen LogP) is 1.65. The van der Waals surface area contributed by atoms with Crippen molar-refractivity contribution in [2.24, 2.45) is 0 Å². The van der Waals surface area contributed by atoms with E-state index in [1.54, 1.807) is 6.92 Å². The molecule has 0 aliphatic rings. The van der Waals surface area contributed by atoms with Crippen molar-refractivity contribution in [2.45, 2.75) is 20.0 Å². The molecule has 0 bridgehead atoms. The van der Waals surface area contributed by atoms with E-state index in [1.807, 2.05) is 6.92 Å². The minimum atomic E-state index is -0.500. The maximum atomic E-state index is 8.98. The second kappa shape index (κ2) is 3.29. The van der Waals surface area contributed by atoms with Gasteiger partial charge in [0.15, 0.2) is 0 Å². The number of aliphatic hydroxyl groups is 1. The van der Waals surface area contributed by atoms with E-state index in [1.165, 1.54) is 0 Å². The van der Waals surface area contributed by atoms with Crippen LogP contribution in [0, 0.1) is 0 Å². The maximum absolute atomic E-state index is 8.98. The van der Waals surface area contributed by atoms with Gasteiger partial charge in [0.2, 0.25) is 0 Å². The summed E-state index contributed by atoms with van der Waals surface area (Å²) in [7, 11) is 0. The first kappa shape index (κ1) is 8.22. The highest BCUT2D eigenvalue weighted by Crippen LogP contribution is 2.08. The molecule has 0 aliphatic carbocycles. The van der Waals surface area contributed by atoms with Crippen LogP contribution >= 0.6 is 0 Å². The monoisotopic (exact) mass is 124 g/mol. The molecular weight excluding hydrogens is 112 g/mol. The van der Waals surface area contributed by atoms with Crippen molar-refractivity contribution in [3.63, 3.8) is 0 Å². The molecule has 0 saturated heterocycles. The van der Waals surface area contributed by atoms with Gasteiger partial charge in [0, 0.05) is 5.57 Å². The van der Waals surface area contributed by atoms with Crippen molar-refractivity contribution < 1.29 is 5.11 Å². The third kappa shape index (κ3) is 2.31. The van der Waals surface area contributed by atoms with Crippen molar-refractivity contribution in [1.29, 1.82) is 0 Å². The van der Waals surface area contributed by atoms with Crippen LogP contribution in [0.15, 0.2) is 30.0 Å². The lowest BCUT2D eigenvalue weighted by atomic mass is 10.1. The highest BCUT2D eigenvalue weighted by molar-refractivity contribution is 5.27. The summed E-state index contributed by atoms with van der Waals surface area (Å²) in [6, 6.07) is 0. The van der Waals surface area contributed by atoms with Crippen LogP contribution in [0.1, 0.15) is 13.8 Å². The first-order valence-electron chi connectivity index (χ1n) is 2.83. The predicted molar refractivity (Wildman–Crippen MR) is 39.1 cm³/mol. The van der Waals surface area contributed by atoms with Crippen molar-refractivity contribution in [3.8, 4) is 0 Å². The van der Waals surface area contributed by atoms with E-state index in [2.05, 4.69) is 18.9 Å². The van der Waals surface area contributed by atoms with Gasteiger partial charge in [-0.1, -0.05) is 13.2 Å². The van der Waals surface area contributed by atoms with Crippen molar-refractivity contribution in [3.05, 3.63) is 30.0 Å². The Labute approximate surface area is 56.0 Å². The minimum absolute atomic E-state index is 0.500. The molecule has 0 spiro atoms. The Morgan fingerprint density at radius 3 is 2.11 bits per heavy atom. The molecule has 50 valence electrons. The molecule has 1 nitrogen and oxygen atoms in total. The molecule has 0 aromatic rings. The van der Waals surface area contributed by atoms with Crippen molar-refractivity contribution >= 4 is 0 Å². The zero-order chi connectivity index (χ0) is 7.44. The third-order valence-electron chi connectivity index (χ3n) is 1.07. The Balaban J connectivity index is 4.38. The third-order valence-corrected chi connectivity index (χ3v) is 1.07. The zero-order valence-corrected chi connectivity index (χ0v) is 5.94. The summed E-state index contributed by atoms with van der Waals surface area (Å²) in [6.45, 7) is 10.6. The van der Waals surface area contributed by atoms with Gasteiger partial charge in [-0.3, -0.25) is 0 Å². The molecule has 0 aliphatic heterocycles. The quantitative estimate of drug-likeness (QED) is 0.438. The summed E-state index contributed by atoms with van der Waals surface area (Å²) < 4.78 is 0. The highest BCUT2D eigenvalue weighted by atomic mass is 16.3. The summed E-state index contributed by atoms with van der Waals surface area (Å²) in [5.74, 6) is 0. The average Bonchev–Trinajstić information content (AvgIpc) is 1.64. The highest BCUT2D eigenvalue weighted by Gasteiger charge is 2.02. The largest absolute Gasteiger partial charge is 0.388 e. The maximum Gasteiger partial charge on any atom is 0.0835 e. The van der Waals surface area contributed by atoms with Gasteiger partial charge in [0.1, 0.15) is 0 Å². The molecule has 1 heteroatoms. The molecule has 1 atom stereocenters. The van der Waals surface area contributed by atoms with E-state index in [0.29, 0.717) is 5.57 Å². The van der Waals surface area contributed by atoms with Gasteiger partial charge in [-0.2, -0.15) is 0 Å². The molecule has 0 aromatic heterocycles. The molecule has 0 amide bonds. The molecule has 0 aromatic carbocycles. The van der Waals surface area contributed by atoms with Crippen LogP contribution in [0.3, 0.4) is 0 Å². The molecule has 1 N–H and O–H groups in total. The Morgan fingerprint density at radius 1 is 1.67 bits per heavy atom. The van der Waals surface area contributed by atoms with Gasteiger partial charge in [-0.15, -0.1) is 5.73 Å². The van der Waals surface area contributed by atoms with E-state index in [-0.39, 0.29) is 0 Å². The summed E-state index contributed by atoms with van der Waals surface area (Å²) in [6.07, 6.45) is -0.500. The Bertz CT molecular complexity index is 159. The summed E-state index contributed by atoms with van der Waals surface area (Å²) in [5.41, 5.74) is 4.13. The lowest BCUT2D eigenvalue weighted by Crippen LogP contribution is -2.03. The number of aliphatic hydroxyl groups excluding tert-OH is 1. The standard InChI is InChI=1S/C8H12O/c1-5-8(6(2)3)7(4)9/h7,9H,1-2H2,3-4H3. The van der Waals surface area contributed by atoms with Crippen molar-refractivity contribution in [1.82, 2.24) is 0 Å². The Kier molecular flexibility index (Phi) is 3.00. The Hall–Kier alpha value is -0.780. The topological polar surface area (TPSA) is 20.2 Å². The van der Waals surface area contributed by atoms with Gasteiger partial charge < -0.3 is 5.11 Å². The van der Waals surface area contributed by atoms with Gasteiger partial charge in [0.05, 0.1) is 6.10 Å². The first-order valence-corrected chi connectivity index (χ1v) is 2.83. The van der Waals surface area contributed by atoms with Gasteiger partial charge in [-0.05, 0) is 19.4 Å². The smallest absolute Gasteiger partial charge is 0.0835 e. The van der Waals surface area contributed by atoms with E-state index in [0.717, 1.165) is 5.57 Å². The normalized spacial score (nSPS) is 11.9. The lowest BCUT2D eigenvalue weighted by Gasteiger charge is -2.05. The summed E-state index contributed by atoms with van der Waals surface area (Å²) >= 11 is 0. The summed E-state index contributed by atoms with van der Waals surface area (Å²) in [4.78, 5) is 0. The number of hydrogen-bond acceptors (Lipinski definition) is 1. The van der Waals surface area contributed by atoms with Crippen LogP contribution in [0.5, 0.6) is 0 Å². The van der Waals surface area contributed by atoms with Gasteiger partial charge >= 0.3 is 0 Å². The second-order valence-corrected chi connectivity index (χ2v) is 2.05. The molecule has 0 fully saturated rings. The van der Waals surface area contributed by atoms with Gasteiger partial charge in [-0.25, -0.2) is 0 Å². The van der Waals surface area contributed by atoms with E-state index in [9.17, 15) is 0 Å². The second-order valence-electron chi connectivity index (χ2n) is 2.05. The average molecular weight is 124 g/mol. The molecule has 9 heavy (non-hydrogen) atoms. The van der Waals surface area contributed by atoms with Crippen LogP contribution in [0.2, 0.25) is 0 Å². The number of rotatable bonds is 2. The minimum Gasteiger partial charge on any atom is -0.388 e. The molecule has 0 saturated carbocycles. The molecule has 0 rings (SSSR count). The van der Waals surface area contributed by atoms with Gasteiger partial charge in [0.25, 0.3) is 0 Å². The van der Waals surface area contributed by atoms with Crippen LogP contribution in [0.4, 0.5) is 0 Å². The fourth-order valence-electron chi connectivity index (χ4n) is 0.655. The SMILES string of the molecule is C=C=C(C(=C)C)C(C)O. The van der Waals surface area contributed by atoms with E-state index < -0.39 is 6.10 Å². The number of hydrogen-bond donors (Lipinski definition) is 1. The molecule has 0 radical (unpaired) electrons. The zero-order valence-electron chi connectivity index (χ0n) is 5.94. The van der Waals surface area contributed by atoms with E-state index in [4.69, 9.17) is 5.11 Å². The first-order chi connectivity index (χ1) is 4.09. The van der Waals surface area contributed by atoms with E-state index >= 15 is 0 Å². The van der Waals surface area contributed by atoms with Crippen molar-refractivity contribution in [2.75, 3.05) is 0 Å². The fraction of sp³-hybridized carbons (Fsp3) is 0.375. The molecular formula is C8H12O. The molecule has 1 unspecified atom stereocenters. The van der Waals surface area contributed by atoms with Crippen LogP contribution in [-0.4, -0.2) is 11.2 Å². The lowest BCUT2D eigenvalue weighted by molar-refractivity contribution is 0.234. The summed E-state index contributed by atoms with van der Waals surface area (Å²) in [5, 5.41) is 8.98. The van der Waals surface area contributed by atoms with Crippen LogP contribution in [-0.2, 0) is 0 Å². The van der Waals surface area contributed by atoms with Crippen LogP contribution < -0.4 is 0 Å². The fourth-order valence-corrected chi connectivity index (χ4v) is 0.655. The molecule has 0 heterocycles. The van der Waals surface area contributed by atoms with Crippen LogP contribution in [0.25, 0.3) is 0 Å².